The van der Waals surface area contributed by atoms with Crippen molar-refractivity contribution in [2.75, 3.05) is 18.6 Å². The molecule has 0 bridgehead atoms. The molecule has 110 valence electrons. The summed E-state index contributed by atoms with van der Waals surface area (Å²) in [6.45, 7) is 6.22. The molecule has 5 nitrogen and oxygen atoms in total. The highest BCUT2D eigenvalue weighted by molar-refractivity contribution is 7.84. The van der Waals surface area contributed by atoms with Gasteiger partial charge in [0.2, 0.25) is 11.8 Å². The van der Waals surface area contributed by atoms with E-state index in [0.29, 0.717) is 18.7 Å². The second kappa shape index (κ2) is 7.03. The van der Waals surface area contributed by atoms with Crippen molar-refractivity contribution in [3.8, 4) is 0 Å². The van der Waals surface area contributed by atoms with E-state index in [0.717, 1.165) is 6.42 Å². The molecule has 0 aliphatic carbocycles. The third-order valence-electron chi connectivity index (χ3n) is 3.74. The number of hydrogen-bond donors (Lipinski definition) is 1. The molecule has 0 saturated carbocycles. The summed E-state index contributed by atoms with van der Waals surface area (Å²) in [4.78, 5) is 25.9. The Labute approximate surface area is 117 Å². The second-order valence-corrected chi connectivity index (χ2v) is 6.76. The van der Waals surface area contributed by atoms with Crippen molar-refractivity contribution in [3.63, 3.8) is 0 Å². The number of nitrogens with one attached hydrogen (secondary N) is 1. The largest absolute Gasteiger partial charge is 0.342 e. The summed E-state index contributed by atoms with van der Waals surface area (Å²) in [7, 11) is -0.859. The van der Waals surface area contributed by atoms with E-state index in [1.165, 1.54) is 0 Å². The molecular weight excluding hydrogens is 264 g/mol. The Morgan fingerprint density at radius 1 is 1.42 bits per heavy atom. The van der Waals surface area contributed by atoms with Crippen molar-refractivity contribution in [2.45, 2.75) is 45.7 Å². The van der Waals surface area contributed by atoms with E-state index >= 15 is 0 Å². The van der Waals surface area contributed by atoms with Crippen LogP contribution in [-0.4, -0.2) is 51.6 Å². The SMILES string of the molecule is CCC(C)C1NC(=O)C(C)N(CCCS(C)=O)C1=O. The molecule has 19 heavy (non-hydrogen) atoms. The molecule has 4 atom stereocenters. The molecule has 0 radical (unpaired) electrons. The van der Waals surface area contributed by atoms with Gasteiger partial charge < -0.3 is 10.2 Å². The van der Waals surface area contributed by atoms with E-state index in [-0.39, 0.29) is 17.7 Å². The number of nitrogens with zero attached hydrogens (tertiary/aromatic N) is 1. The van der Waals surface area contributed by atoms with Gasteiger partial charge in [-0.05, 0) is 19.3 Å². The minimum Gasteiger partial charge on any atom is -0.342 e. The first kappa shape index (κ1) is 16.1. The second-order valence-electron chi connectivity index (χ2n) is 5.21. The lowest BCUT2D eigenvalue weighted by atomic mass is 9.94. The third-order valence-corrected chi connectivity index (χ3v) is 4.60. The maximum Gasteiger partial charge on any atom is 0.246 e. The Morgan fingerprint density at radius 3 is 2.58 bits per heavy atom. The smallest absolute Gasteiger partial charge is 0.246 e. The lowest BCUT2D eigenvalue weighted by Gasteiger charge is -2.39. The highest BCUT2D eigenvalue weighted by Gasteiger charge is 2.39. The third kappa shape index (κ3) is 4.03. The summed E-state index contributed by atoms with van der Waals surface area (Å²) in [5, 5.41) is 2.81. The maximum absolute atomic E-state index is 12.4. The molecule has 0 aromatic rings. The monoisotopic (exact) mass is 288 g/mol. The maximum atomic E-state index is 12.4. The van der Waals surface area contributed by atoms with Crippen LogP contribution in [0.4, 0.5) is 0 Å². The van der Waals surface area contributed by atoms with E-state index in [2.05, 4.69) is 5.32 Å². The zero-order valence-corrected chi connectivity index (χ0v) is 13.0. The van der Waals surface area contributed by atoms with Crippen LogP contribution in [0.3, 0.4) is 0 Å². The van der Waals surface area contributed by atoms with Crippen LogP contribution in [-0.2, 0) is 20.4 Å². The van der Waals surface area contributed by atoms with E-state index in [1.54, 1.807) is 18.1 Å². The number of amides is 2. The topological polar surface area (TPSA) is 66.5 Å². The number of carbonyl (C=O) groups is 2. The van der Waals surface area contributed by atoms with Crippen LogP contribution in [0.5, 0.6) is 0 Å². The van der Waals surface area contributed by atoms with Gasteiger partial charge in [-0.25, -0.2) is 0 Å². The molecule has 1 aliphatic rings. The van der Waals surface area contributed by atoms with E-state index < -0.39 is 22.9 Å². The van der Waals surface area contributed by atoms with Gasteiger partial charge in [0.1, 0.15) is 12.1 Å². The van der Waals surface area contributed by atoms with Gasteiger partial charge in [0.05, 0.1) is 0 Å². The van der Waals surface area contributed by atoms with E-state index in [4.69, 9.17) is 0 Å². The molecule has 0 aromatic heterocycles. The summed E-state index contributed by atoms with van der Waals surface area (Å²) in [6.07, 6.45) is 3.16. The predicted molar refractivity (Wildman–Crippen MR) is 76.1 cm³/mol. The lowest BCUT2D eigenvalue weighted by Crippen LogP contribution is -2.64. The number of hydrogen-bond acceptors (Lipinski definition) is 3. The molecular formula is C13H24N2O3S. The van der Waals surface area contributed by atoms with Crippen molar-refractivity contribution in [1.82, 2.24) is 10.2 Å². The molecule has 0 spiro atoms. The van der Waals surface area contributed by atoms with Gasteiger partial charge >= 0.3 is 0 Å². The summed E-state index contributed by atoms with van der Waals surface area (Å²) >= 11 is 0. The summed E-state index contributed by atoms with van der Waals surface area (Å²) in [5.41, 5.74) is 0. The van der Waals surface area contributed by atoms with Crippen molar-refractivity contribution >= 4 is 22.6 Å². The average molecular weight is 288 g/mol. The van der Waals surface area contributed by atoms with Crippen molar-refractivity contribution < 1.29 is 13.8 Å². The van der Waals surface area contributed by atoms with Crippen LogP contribution in [0.2, 0.25) is 0 Å². The average Bonchev–Trinajstić information content (AvgIpc) is 2.36. The predicted octanol–water partition coefficient (Wildman–Crippen LogP) is 0.517. The Bertz CT molecular complexity index is 373. The molecule has 1 aliphatic heterocycles. The van der Waals surface area contributed by atoms with Gasteiger partial charge in [-0.1, -0.05) is 20.3 Å². The van der Waals surface area contributed by atoms with E-state index in [1.807, 2.05) is 13.8 Å². The van der Waals surface area contributed by atoms with Crippen LogP contribution in [0.25, 0.3) is 0 Å². The minimum atomic E-state index is -0.859. The van der Waals surface area contributed by atoms with Crippen LogP contribution < -0.4 is 5.32 Å². The molecule has 6 heteroatoms. The Hall–Kier alpha value is -0.910. The Balaban J connectivity index is 2.72. The fourth-order valence-electron chi connectivity index (χ4n) is 2.21. The molecule has 1 rings (SSSR count). The van der Waals surface area contributed by atoms with Gasteiger partial charge in [-0.15, -0.1) is 0 Å². The van der Waals surface area contributed by atoms with Crippen molar-refractivity contribution in [3.05, 3.63) is 0 Å². The first-order valence-electron chi connectivity index (χ1n) is 6.79. The molecule has 1 N–H and O–H groups in total. The molecule has 1 saturated heterocycles. The first-order chi connectivity index (χ1) is 8.88. The standard InChI is InChI=1S/C13H24N2O3S/c1-5-9(2)11-13(17)15(7-6-8-19(4)18)10(3)12(16)14-11/h9-11H,5-8H2,1-4H3,(H,14,16). The van der Waals surface area contributed by atoms with Gasteiger partial charge in [0.25, 0.3) is 0 Å². The Morgan fingerprint density at radius 2 is 2.05 bits per heavy atom. The van der Waals surface area contributed by atoms with Crippen molar-refractivity contribution in [1.29, 1.82) is 0 Å². The number of carbonyl (C=O) groups excluding carboxylic acids is 2. The number of rotatable bonds is 6. The van der Waals surface area contributed by atoms with Crippen LogP contribution in [0, 0.1) is 5.92 Å². The Kier molecular flexibility index (Phi) is 5.97. The summed E-state index contributed by atoms with van der Waals surface area (Å²) in [5.74, 6) is 0.587. The fraction of sp³-hybridized carbons (Fsp3) is 0.846. The quantitative estimate of drug-likeness (QED) is 0.775. The van der Waals surface area contributed by atoms with Gasteiger partial charge in [-0.2, -0.15) is 0 Å². The molecule has 1 fully saturated rings. The zero-order chi connectivity index (χ0) is 14.6. The highest BCUT2D eigenvalue weighted by Crippen LogP contribution is 2.18. The lowest BCUT2D eigenvalue weighted by molar-refractivity contribution is -0.150. The van der Waals surface area contributed by atoms with Crippen molar-refractivity contribution in [2.24, 2.45) is 5.92 Å². The minimum absolute atomic E-state index is 0.0108. The van der Waals surface area contributed by atoms with Gasteiger partial charge in [0.15, 0.2) is 0 Å². The molecule has 0 aromatic carbocycles. The first-order valence-corrected chi connectivity index (χ1v) is 8.52. The number of piperazine rings is 1. The van der Waals surface area contributed by atoms with Crippen LogP contribution >= 0.6 is 0 Å². The molecule has 4 unspecified atom stereocenters. The summed E-state index contributed by atoms with van der Waals surface area (Å²) < 4.78 is 11.1. The highest BCUT2D eigenvalue weighted by atomic mass is 32.2. The van der Waals surface area contributed by atoms with Crippen LogP contribution in [0.1, 0.15) is 33.6 Å². The molecule has 2 amide bonds. The van der Waals surface area contributed by atoms with Crippen LogP contribution in [0.15, 0.2) is 0 Å². The van der Waals surface area contributed by atoms with Gasteiger partial charge in [-0.3, -0.25) is 13.8 Å². The zero-order valence-electron chi connectivity index (χ0n) is 12.1. The summed E-state index contributed by atoms with van der Waals surface area (Å²) in [6, 6.07) is -0.848. The molecule has 1 heterocycles. The van der Waals surface area contributed by atoms with Gasteiger partial charge in [0, 0.05) is 29.4 Å². The fourth-order valence-corrected chi connectivity index (χ4v) is 2.75. The van der Waals surface area contributed by atoms with E-state index in [9.17, 15) is 13.8 Å². The normalized spacial score (nSPS) is 27.1.